The van der Waals surface area contributed by atoms with Crippen LogP contribution in [0.3, 0.4) is 0 Å². The van der Waals surface area contributed by atoms with Crippen LogP contribution in [0, 0.1) is 17.8 Å². The zero-order valence-electron chi connectivity index (χ0n) is 13.0. The number of carbonyl (C=O) groups is 1. The molecule has 0 aliphatic heterocycles. The van der Waals surface area contributed by atoms with Crippen molar-refractivity contribution in [3.63, 3.8) is 0 Å². The van der Waals surface area contributed by atoms with Crippen LogP contribution in [0.5, 0.6) is 0 Å². The molecule has 1 aromatic rings. The molecule has 2 N–H and O–H groups in total. The van der Waals surface area contributed by atoms with Crippen LogP contribution >= 0.6 is 0 Å². The van der Waals surface area contributed by atoms with Crippen LogP contribution in [0.25, 0.3) is 0 Å². The van der Waals surface area contributed by atoms with E-state index in [9.17, 15) is 4.79 Å². The third-order valence-electron chi connectivity index (χ3n) is 3.87. The van der Waals surface area contributed by atoms with E-state index < -0.39 is 5.97 Å². The van der Waals surface area contributed by atoms with E-state index >= 15 is 0 Å². The Morgan fingerprint density at radius 2 is 1.65 bits per heavy atom. The van der Waals surface area contributed by atoms with Gasteiger partial charge in [-0.05, 0) is 35.4 Å². The first-order chi connectivity index (χ1) is 9.41. The van der Waals surface area contributed by atoms with Crippen molar-refractivity contribution in [2.75, 3.05) is 6.54 Å². The molecule has 0 atom stereocenters. The minimum atomic E-state index is -0.778. The summed E-state index contributed by atoms with van der Waals surface area (Å²) in [7, 11) is 0. The first-order valence-electron chi connectivity index (χ1n) is 7.41. The quantitative estimate of drug-likeness (QED) is 0.766. The second-order valence-electron chi connectivity index (χ2n) is 6.12. The largest absolute Gasteiger partial charge is 0.481 e. The summed E-state index contributed by atoms with van der Waals surface area (Å²) >= 11 is 0. The Morgan fingerprint density at radius 1 is 1.10 bits per heavy atom. The molecule has 1 aromatic carbocycles. The standard InChI is InChI=1S/C17H27NO2/c1-12(2)16(13(3)4)11-18-10-15-8-6-5-7-14(15)9-17(19)20/h5-8,12-13,16,18H,9-11H2,1-4H3,(H,19,20). The van der Waals surface area contributed by atoms with Gasteiger partial charge in [-0.15, -0.1) is 0 Å². The summed E-state index contributed by atoms with van der Waals surface area (Å²) in [5.74, 6) is 1.16. The molecule has 112 valence electrons. The molecule has 0 aliphatic rings. The molecule has 3 nitrogen and oxygen atoms in total. The lowest BCUT2D eigenvalue weighted by Gasteiger charge is -2.25. The van der Waals surface area contributed by atoms with E-state index in [1.165, 1.54) is 0 Å². The van der Waals surface area contributed by atoms with E-state index in [2.05, 4.69) is 33.0 Å². The van der Waals surface area contributed by atoms with Crippen molar-refractivity contribution >= 4 is 5.97 Å². The van der Waals surface area contributed by atoms with Gasteiger partial charge in [0.25, 0.3) is 0 Å². The van der Waals surface area contributed by atoms with Crippen LogP contribution in [0.2, 0.25) is 0 Å². The Hall–Kier alpha value is -1.35. The van der Waals surface area contributed by atoms with Gasteiger partial charge in [0.1, 0.15) is 0 Å². The minimum absolute atomic E-state index is 0.0929. The van der Waals surface area contributed by atoms with Gasteiger partial charge in [-0.2, -0.15) is 0 Å². The second-order valence-corrected chi connectivity index (χ2v) is 6.12. The molecule has 0 unspecified atom stereocenters. The normalized spacial score (nSPS) is 11.6. The van der Waals surface area contributed by atoms with E-state index in [0.717, 1.165) is 24.2 Å². The number of hydrogen-bond acceptors (Lipinski definition) is 2. The maximum Gasteiger partial charge on any atom is 0.307 e. The molecule has 0 saturated carbocycles. The van der Waals surface area contributed by atoms with Gasteiger partial charge >= 0.3 is 5.97 Å². The minimum Gasteiger partial charge on any atom is -0.481 e. The highest BCUT2D eigenvalue weighted by Gasteiger charge is 2.17. The Morgan fingerprint density at radius 3 is 2.15 bits per heavy atom. The Bertz CT molecular complexity index is 419. The van der Waals surface area contributed by atoms with E-state index in [4.69, 9.17) is 5.11 Å². The summed E-state index contributed by atoms with van der Waals surface area (Å²) in [6.45, 7) is 10.7. The van der Waals surface area contributed by atoms with Crippen LogP contribution < -0.4 is 5.32 Å². The van der Waals surface area contributed by atoms with Crippen molar-refractivity contribution in [1.29, 1.82) is 0 Å². The monoisotopic (exact) mass is 277 g/mol. The van der Waals surface area contributed by atoms with Crippen LogP contribution in [0.4, 0.5) is 0 Å². The molecule has 1 rings (SSSR count). The SMILES string of the molecule is CC(C)C(CNCc1ccccc1CC(=O)O)C(C)C. The molecule has 0 aliphatic carbocycles. The van der Waals surface area contributed by atoms with E-state index in [1.807, 2.05) is 24.3 Å². The number of carboxylic acid groups (broad SMARTS) is 1. The summed E-state index contributed by atoms with van der Waals surface area (Å²) in [6.07, 6.45) is 0.0929. The van der Waals surface area contributed by atoms with Gasteiger partial charge in [0.2, 0.25) is 0 Å². The molecular formula is C17H27NO2. The van der Waals surface area contributed by atoms with Crippen molar-refractivity contribution in [1.82, 2.24) is 5.32 Å². The van der Waals surface area contributed by atoms with Gasteiger partial charge in [0.15, 0.2) is 0 Å². The van der Waals surface area contributed by atoms with Crippen molar-refractivity contribution in [2.24, 2.45) is 17.8 Å². The van der Waals surface area contributed by atoms with Gasteiger partial charge in [-0.3, -0.25) is 4.79 Å². The third-order valence-corrected chi connectivity index (χ3v) is 3.87. The highest BCUT2D eigenvalue weighted by molar-refractivity contribution is 5.70. The topological polar surface area (TPSA) is 49.3 Å². The average Bonchev–Trinajstić information content (AvgIpc) is 2.34. The van der Waals surface area contributed by atoms with Crippen LogP contribution in [0.15, 0.2) is 24.3 Å². The van der Waals surface area contributed by atoms with E-state index in [0.29, 0.717) is 17.8 Å². The van der Waals surface area contributed by atoms with Gasteiger partial charge in [0.05, 0.1) is 6.42 Å². The van der Waals surface area contributed by atoms with Crippen LogP contribution in [-0.2, 0) is 17.8 Å². The molecule has 0 saturated heterocycles. The number of aliphatic carboxylic acids is 1. The molecule has 3 heteroatoms. The Labute approximate surface area is 122 Å². The van der Waals surface area contributed by atoms with Gasteiger partial charge < -0.3 is 10.4 Å². The molecule has 0 radical (unpaired) electrons. The summed E-state index contributed by atoms with van der Waals surface area (Å²) in [5.41, 5.74) is 1.99. The molecule has 0 heterocycles. The molecule has 0 aromatic heterocycles. The van der Waals surface area contributed by atoms with Crippen LogP contribution in [-0.4, -0.2) is 17.6 Å². The van der Waals surface area contributed by atoms with Gasteiger partial charge in [-0.25, -0.2) is 0 Å². The van der Waals surface area contributed by atoms with E-state index in [-0.39, 0.29) is 6.42 Å². The molecule has 20 heavy (non-hydrogen) atoms. The van der Waals surface area contributed by atoms with E-state index in [1.54, 1.807) is 0 Å². The smallest absolute Gasteiger partial charge is 0.307 e. The second kappa shape index (κ2) is 8.05. The van der Waals surface area contributed by atoms with Gasteiger partial charge in [0, 0.05) is 6.54 Å². The predicted octanol–water partition coefficient (Wildman–Crippen LogP) is 3.33. The molecule has 0 bridgehead atoms. The Kier molecular flexibility index (Phi) is 6.73. The van der Waals surface area contributed by atoms with Gasteiger partial charge in [-0.1, -0.05) is 52.0 Å². The zero-order chi connectivity index (χ0) is 15.1. The van der Waals surface area contributed by atoms with Crippen LogP contribution in [0.1, 0.15) is 38.8 Å². The fourth-order valence-corrected chi connectivity index (χ4v) is 2.68. The highest BCUT2D eigenvalue weighted by atomic mass is 16.4. The summed E-state index contributed by atoms with van der Waals surface area (Å²) in [6, 6.07) is 7.76. The lowest BCUT2D eigenvalue weighted by atomic mass is 9.85. The number of carboxylic acids is 1. The molecule has 0 fully saturated rings. The first-order valence-corrected chi connectivity index (χ1v) is 7.41. The van der Waals surface area contributed by atoms with Crippen molar-refractivity contribution in [3.05, 3.63) is 35.4 Å². The average molecular weight is 277 g/mol. The lowest BCUT2D eigenvalue weighted by Crippen LogP contribution is -2.29. The summed E-state index contributed by atoms with van der Waals surface area (Å²) < 4.78 is 0. The maximum atomic E-state index is 10.9. The number of rotatable bonds is 8. The zero-order valence-corrected chi connectivity index (χ0v) is 13.0. The summed E-state index contributed by atoms with van der Waals surface area (Å²) in [5, 5.41) is 12.4. The predicted molar refractivity (Wildman–Crippen MR) is 82.7 cm³/mol. The third kappa shape index (κ3) is 5.33. The number of hydrogen-bond donors (Lipinski definition) is 2. The molecular weight excluding hydrogens is 250 g/mol. The fourth-order valence-electron chi connectivity index (χ4n) is 2.68. The lowest BCUT2D eigenvalue weighted by molar-refractivity contribution is -0.136. The van der Waals surface area contributed by atoms with Crippen molar-refractivity contribution in [3.8, 4) is 0 Å². The summed E-state index contributed by atoms with van der Waals surface area (Å²) in [4.78, 5) is 10.9. The molecule has 0 spiro atoms. The van der Waals surface area contributed by atoms with Crippen molar-refractivity contribution in [2.45, 2.75) is 40.7 Å². The number of nitrogens with one attached hydrogen (secondary N) is 1. The maximum absolute atomic E-state index is 10.9. The number of benzene rings is 1. The first kappa shape index (κ1) is 16.7. The Balaban J connectivity index is 2.59. The fraction of sp³-hybridized carbons (Fsp3) is 0.588. The highest BCUT2D eigenvalue weighted by Crippen LogP contribution is 2.19. The van der Waals surface area contributed by atoms with Crippen molar-refractivity contribution < 1.29 is 9.90 Å². The molecule has 0 amide bonds.